The number of hydrogen-bond acceptors (Lipinski definition) is 5. The summed E-state index contributed by atoms with van der Waals surface area (Å²) in [5, 5.41) is 0. The van der Waals surface area contributed by atoms with Gasteiger partial charge in [0.2, 0.25) is 0 Å². The zero-order valence-corrected chi connectivity index (χ0v) is 12.4. The largest absolute Gasteiger partial charge is 0.496 e. The van der Waals surface area contributed by atoms with Crippen LogP contribution in [-0.2, 0) is 6.42 Å². The number of aryl methyl sites for hydroxylation is 2. The van der Waals surface area contributed by atoms with Crippen molar-refractivity contribution in [1.29, 1.82) is 0 Å². The van der Waals surface area contributed by atoms with Crippen LogP contribution in [0.25, 0.3) is 0 Å². The third-order valence-corrected chi connectivity index (χ3v) is 3.62. The highest BCUT2D eigenvalue weighted by molar-refractivity contribution is 5.41. The maximum absolute atomic E-state index is 5.68. The van der Waals surface area contributed by atoms with E-state index in [1.165, 1.54) is 0 Å². The van der Waals surface area contributed by atoms with Crippen molar-refractivity contribution in [1.82, 2.24) is 10.4 Å². The molecule has 20 heavy (non-hydrogen) atoms. The molecule has 0 fully saturated rings. The van der Waals surface area contributed by atoms with Gasteiger partial charge in [0.05, 0.1) is 19.4 Å². The first-order valence-electron chi connectivity index (χ1n) is 6.57. The summed E-state index contributed by atoms with van der Waals surface area (Å²) < 4.78 is 10.8. The van der Waals surface area contributed by atoms with Crippen molar-refractivity contribution in [3.05, 3.63) is 46.7 Å². The van der Waals surface area contributed by atoms with Gasteiger partial charge in [-0.25, -0.2) is 0 Å². The molecule has 0 aliphatic rings. The number of nitrogens with one attached hydrogen (secondary N) is 1. The molecule has 0 radical (unpaired) electrons. The van der Waals surface area contributed by atoms with E-state index in [0.29, 0.717) is 6.42 Å². The zero-order chi connectivity index (χ0) is 14.7. The monoisotopic (exact) mass is 275 g/mol. The van der Waals surface area contributed by atoms with Crippen LogP contribution >= 0.6 is 0 Å². The highest BCUT2D eigenvalue weighted by atomic mass is 16.5. The lowest BCUT2D eigenvalue weighted by Gasteiger charge is -2.18. The molecule has 2 aromatic rings. The van der Waals surface area contributed by atoms with Gasteiger partial charge in [-0.2, -0.15) is 0 Å². The molecule has 0 aromatic carbocycles. The Labute approximate surface area is 119 Å². The topological polar surface area (TPSA) is 73.3 Å². The SMILES string of the molecule is COc1c(C)cnc(CC(NN)c2ccoc2C)c1C. The molecule has 1 unspecified atom stereocenters. The van der Waals surface area contributed by atoms with Gasteiger partial charge in [0, 0.05) is 35.0 Å². The molecular formula is C15H21N3O2. The second-order valence-electron chi connectivity index (χ2n) is 4.90. The summed E-state index contributed by atoms with van der Waals surface area (Å²) in [6.07, 6.45) is 4.18. The normalized spacial score (nSPS) is 12.4. The number of hydrazine groups is 1. The van der Waals surface area contributed by atoms with E-state index in [9.17, 15) is 0 Å². The van der Waals surface area contributed by atoms with Crippen molar-refractivity contribution in [3.8, 4) is 5.75 Å². The number of furan rings is 1. The maximum Gasteiger partial charge on any atom is 0.128 e. The standard InChI is InChI=1S/C15H21N3O2/c1-9-8-17-13(10(2)15(9)19-4)7-14(18-16)12-5-6-20-11(12)3/h5-6,8,14,18H,7,16H2,1-4H3. The first-order chi connectivity index (χ1) is 9.58. The highest BCUT2D eigenvalue weighted by Crippen LogP contribution is 2.28. The third-order valence-electron chi connectivity index (χ3n) is 3.62. The minimum atomic E-state index is -0.0348. The molecule has 5 nitrogen and oxygen atoms in total. The summed E-state index contributed by atoms with van der Waals surface area (Å²) in [4.78, 5) is 4.51. The van der Waals surface area contributed by atoms with Crippen LogP contribution in [0.5, 0.6) is 5.75 Å². The molecule has 2 aromatic heterocycles. The van der Waals surface area contributed by atoms with E-state index < -0.39 is 0 Å². The molecule has 0 saturated carbocycles. The molecule has 2 heterocycles. The Balaban J connectivity index is 2.31. The van der Waals surface area contributed by atoms with Crippen LogP contribution in [0.3, 0.4) is 0 Å². The predicted octanol–water partition coefficient (Wildman–Crippen LogP) is 2.36. The van der Waals surface area contributed by atoms with Gasteiger partial charge in [0.15, 0.2) is 0 Å². The average molecular weight is 275 g/mol. The van der Waals surface area contributed by atoms with Crippen LogP contribution in [-0.4, -0.2) is 12.1 Å². The van der Waals surface area contributed by atoms with Crippen LogP contribution in [0, 0.1) is 20.8 Å². The molecule has 1 atom stereocenters. The first-order valence-corrected chi connectivity index (χ1v) is 6.57. The van der Waals surface area contributed by atoms with E-state index in [4.69, 9.17) is 15.0 Å². The molecule has 2 rings (SSSR count). The Hall–Kier alpha value is -1.85. The molecule has 0 spiro atoms. The number of nitrogens with two attached hydrogens (primary N) is 1. The van der Waals surface area contributed by atoms with Crippen LogP contribution in [0.4, 0.5) is 0 Å². The van der Waals surface area contributed by atoms with Crippen molar-refractivity contribution < 1.29 is 9.15 Å². The number of methoxy groups -OCH3 is 1. The summed E-state index contributed by atoms with van der Waals surface area (Å²) in [6, 6.07) is 1.90. The minimum Gasteiger partial charge on any atom is -0.496 e. The molecule has 5 heteroatoms. The molecule has 0 aliphatic carbocycles. The Morgan fingerprint density at radius 2 is 2.15 bits per heavy atom. The molecule has 3 N–H and O–H groups in total. The molecule has 0 saturated heterocycles. The van der Waals surface area contributed by atoms with Crippen LogP contribution in [0.1, 0.15) is 34.2 Å². The van der Waals surface area contributed by atoms with Crippen molar-refractivity contribution in [2.75, 3.05) is 7.11 Å². The number of aromatic nitrogens is 1. The lowest BCUT2D eigenvalue weighted by molar-refractivity contribution is 0.406. The third kappa shape index (κ3) is 2.69. The smallest absolute Gasteiger partial charge is 0.128 e. The number of hydrogen-bond donors (Lipinski definition) is 2. The number of nitrogens with zero attached hydrogens (tertiary/aromatic N) is 1. The molecule has 0 bridgehead atoms. The number of ether oxygens (including phenoxy) is 1. The Bertz CT molecular complexity index is 593. The van der Waals surface area contributed by atoms with E-state index in [0.717, 1.165) is 33.9 Å². The van der Waals surface area contributed by atoms with Gasteiger partial charge < -0.3 is 9.15 Å². The van der Waals surface area contributed by atoms with E-state index in [1.807, 2.05) is 33.0 Å². The van der Waals surface area contributed by atoms with Gasteiger partial charge >= 0.3 is 0 Å². The van der Waals surface area contributed by atoms with Gasteiger partial charge in [-0.3, -0.25) is 16.3 Å². The Kier molecular flexibility index (Phi) is 4.42. The summed E-state index contributed by atoms with van der Waals surface area (Å²) >= 11 is 0. The Morgan fingerprint density at radius 3 is 2.70 bits per heavy atom. The van der Waals surface area contributed by atoms with Gasteiger partial charge in [-0.05, 0) is 26.8 Å². The molecular weight excluding hydrogens is 254 g/mol. The summed E-state index contributed by atoms with van der Waals surface area (Å²) in [6.45, 7) is 5.93. The second kappa shape index (κ2) is 6.07. The summed E-state index contributed by atoms with van der Waals surface area (Å²) in [5.41, 5.74) is 6.93. The van der Waals surface area contributed by atoms with Crippen LogP contribution < -0.4 is 16.0 Å². The Morgan fingerprint density at radius 1 is 1.40 bits per heavy atom. The van der Waals surface area contributed by atoms with Crippen molar-refractivity contribution in [3.63, 3.8) is 0 Å². The fourth-order valence-corrected chi connectivity index (χ4v) is 2.49. The number of pyridine rings is 1. The fraction of sp³-hybridized carbons (Fsp3) is 0.400. The van der Waals surface area contributed by atoms with E-state index >= 15 is 0 Å². The molecule has 0 aliphatic heterocycles. The average Bonchev–Trinajstić information content (AvgIpc) is 2.85. The summed E-state index contributed by atoms with van der Waals surface area (Å²) in [5.74, 6) is 7.43. The lowest BCUT2D eigenvalue weighted by Crippen LogP contribution is -2.30. The van der Waals surface area contributed by atoms with Crippen LogP contribution in [0.15, 0.2) is 22.9 Å². The quantitative estimate of drug-likeness (QED) is 0.647. The van der Waals surface area contributed by atoms with E-state index in [-0.39, 0.29) is 6.04 Å². The molecule has 0 amide bonds. The van der Waals surface area contributed by atoms with Crippen molar-refractivity contribution in [2.45, 2.75) is 33.2 Å². The van der Waals surface area contributed by atoms with Gasteiger partial charge in [-0.1, -0.05) is 0 Å². The maximum atomic E-state index is 5.68. The zero-order valence-electron chi connectivity index (χ0n) is 12.4. The lowest BCUT2D eigenvalue weighted by atomic mass is 9.99. The minimum absolute atomic E-state index is 0.0348. The van der Waals surface area contributed by atoms with Gasteiger partial charge in [0.25, 0.3) is 0 Å². The highest BCUT2D eigenvalue weighted by Gasteiger charge is 2.18. The van der Waals surface area contributed by atoms with Crippen molar-refractivity contribution in [2.24, 2.45) is 5.84 Å². The van der Waals surface area contributed by atoms with E-state index in [2.05, 4.69) is 10.4 Å². The first kappa shape index (κ1) is 14.6. The fourth-order valence-electron chi connectivity index (χ4n) is 2.49. The second-order valence-corrected chi connectivity index (χ2v) is 4.90. The van der Waals surface area contributed by atoms with Crippen molar-refractivity contribution >= 4 is 0 Å². The van der Waals surface area contributed by atoms with Gasteiger partial charge in [0.1, 0.15) is 11.5 Å². The summed E-state index contributed by atoms with van der Waals surface area (Å²) in [7, 11) is 1.68. The number of rotatable bonds is 5. The van der Waals surface area contributed by atoms with Crippen LogP contribution in [0.2, 0.25) is 0 Å². The van der Waals surface area contributed by atoms with E-state index in [1.54, 1.807) is 13.4 Å². The molecule has 108 valence electrons. The van der Waals surface area contributed by atoms with Gasteiger partial charge in [-0.15, -0.1) is 0 Å². The predicted molar refractivity (Wildman–Crippen MR) is 77.5 cm³/mol.